The molecule has 1 unspecified atom stereocenters. The van der Waals surface area contributed by atoms with Gasteiger partial charge in [-0.2, -0.15) is 0 Å². The predicted molar refractivity (Wildman–Crippen MR) is 106 cm³/mol. The minimum Gasteiger partial charge on any atom is -0.459 e. The van der Waals surface area contributed by atoms with Gasteiger partial charge in [0.05, 0.1) is 6.61 Å². The number of allylic oxidation sites excluding steroid dienone is 1. The lowest BCUT2D eigenvalue weighted by Crippen LogP contribution is -2.11. The van der Waals surface area contributed by atoms with E-state index in [1.807, 2.05) is 78.9 Å². The number of benzene rings is 2. The van der Waals surface area contributed by atoms with Crippen molar-refractivity contribution in [3.63, 3.8) is 0 Å². The molecule has 1 saturated heterocycles. The van der Waals surface area contributed by atoms with Gasteiger partial charge in [-0.05, 0) is 17.5 Å². The van der Waals surface area contributed by atoms with E-state index < -0.39 is 0 Å². The molecule has 0 aliphatic carbocycles. The van der Waals surface area contributed by atoms with E-state index in [0.717, 1.165) is 5.56 Å². The van der Waals surface area contributed by atoms with Gasteiger partial charge in [0.15, 0.2) is 0 Å². The van der Waals surface area contributed by atoms with Crippen LogP contribution in [0, 0.1) is 0 Å². The maximum absolute atomic E-state index is 11.5. The molecule has 3 heteroatoms. The number of hydrogen-bond donors (Lipinski definition) is 0. The average Bonchev–Trinajstić information content (AvgIpc) is 3.52. The molecule has 0 amide bonds. The molecule has 1 heterocycles. The van der Waals surface area contributed by atoms with Gasteiger partial charge >= 0.3 is 5.97 Å². The van der Waals surface area contributed by atoms with Gasteiger partial charge in [0.1, 0.15) is 12.7 Å². The monoisotopic (exact) mass is 348 g/mol. The van der Waals surface area contributed by atoms with E-state index in [4.69, 9.17) is 9.47 Å². The van der Waals surface area contributed by atoms with Crippen LogP contribution in [0.5, 0.6) is 0 Å². The molecule has 1 atom stereocenters. The molecule has 0 spiro atoms. The lowest BCUT2D eigenvalue weighted by Gasteiger charge is -2.03. The van der Waals surface area contributed by atoms with Crippen LogP contribution >= 0.6 is 0 Å². The minimum absolute atomic E-state index is 0.0987. The maximum Gasteiger partial charge on any atom is 0.333 e. The molecule has 1 fully saturated rings. The van der Waals surface area contributed by atoms with E-state index in [2.05, 4.69) is 13.2 Å². The van der Waals surface area contributed by atoms with Crippen LogP contribution in [0.3, 0.4) is 0 Å². The van der Waals surface area contributed by atoms with Gasteiger partial charge < -0.3 is 9.47 Å². The average molecular weight is 348 g/mol. The Balaban J connectivity index is 0.000000254. The van der Waals surface area contributed by atoms with Crippen molar-refractivity contribution in [3.8, 4) is 0 Å². The molecular weight excluding hydrogens is 324 g/mol. The second kappa shape index (κ2) is 10.9. The first-order valence-corrected chi connectivity index (χ1v) is 8.54. The lowest BCUT2D eigenvalue weighted by molar-refractivity contribution is -0.139. The highest BCUT2D eigenvalue weighted by molar-refractivity contribution is 5.88. The van der Waals surface area contributed by atoms with Crippen LogP contribution < -0.4 is 0 Å². The summed E-state index contributed by atoms with van der Waals surface area (Å²) in [5.41, 5.74) is 2.74. The van der Waals surface area contributed by atoms with Gasteiger partial charge in [-0.3, -0.25) is 0 Å². The van der Waals surface area contributed by atoms with Gasteiger partial charge in [0.25, 0.3) is 0 Å². The van der Waals surface area contributed by atoms with Gasteiger partial charge in [-0.25, -0.2) is 4.79 Å². The molecule has 3 nitrogen and oxygen atoms in total. The van der Waals surface area contributed by atoms with Gasteiger partial charge in [0, 0.05) is 5.57 Å². The number of hydrogen-bond acceptors (Lipinski definition) is 3. The molecule has 2 aromatic carbocycles. The molecule has 134 valence electrons. The molecule has 1 aliphatic heterocycles. The SMILES string of the molecule is C=C(CC=Cc1ccccc1)C(=O)OCC1CO1.C=Cc1ccccc1. The second-order valence-electron chi connectivity index (χ2n) is 5.79. The molecule has 0 aromatic heterocycles. The van der Waals surface area contributed by atoms with Crippen molar-refractivity contribution in [1.29, 1.82) is 0 Å². The van der Waals surface area contributed by atoms with Crippen LogP contribution in [-0.4, -0.2) is 25.3 Å². The van der Waals surface area contributed by atoms with Crippen molar-refractivity contribution in [1.82, 2.24) is 0 Å². The molecule has 0 radical (unpaired) electrons. The normalized spacial score (nSPS) is 14.8. The number of carbonyl (C=O) groups excluding carboxylic acids is 1. The fraction of sp³-hybridized carbons (Fsp3) is 0.174. The zero-order chi connectivity index (χ0) is 18.6. The van der Waals surface area contributed by atoms with E-state index in [0.29, 0.717) is 25.2 Å². The van der Waals surface area contributed by atoms with Crippen molar-refractivity contribution in [2.75, 3.05) is 13.2 Å². The lowest BCUT2D eigenvalue weighted by atomic mass is 10.1. The summed E-state index contributed by atoms with van der Waals surface area (Å²) in [6.45, 7) is 8.37. The predicted octanol–water partition coefficient (Wildman–Crippen LogP) is 4.92. The Kier molecular flexibility index (Phi) is 8.10. The van der Waals surface area contributed by atoms with E-state index in [-0.39, 0.29) is 12.1 Å². The second-order valence-corrected chi connectivity index (χ2v) is 5.79. The summed E-state index contributed by atoms with van der Waals surface area (Å²) in [5.74, 6) is -0.344. The minimum atomic E-state index is -0.344. The first-order chi connectivity index (χ1) is 12.7. The molecule has 26 heavy (non-hydrogen) atoms. The smallest absolute Gasteiger partial charge is 0.333 e. The van der Waals surface area contributed by atoms with Crippen LogP contribution in [0.25, 0.3) is 12.2 Å². The van der Waals surface area contributed by atoms with Crippen LogP contribution in [0.2, 0.25) is 0 Å². The van der Waals surface area contributed by atoms with Crippen LogP contribution in [0.1, 0.15) is 17.5 Å². The molecule has 3 rings (SSSR count). The molecule has 0 saturated carbocycles. The third-order valence-corrected chi connectivity index (χ3v) is 3.60. The Labute approximate surface area is 155 Å². The molecule has 0 N–H and O–H groups in total. The van der Waals surface area contributed by atoms with E-state index in [9.17, 15) is 4.79 Å². The summed E-state index contributed by atoms with van der Waals surface area (Å²) in [5, 5.41) is 0. The summed E-state index contributed by atoms with van der Waals surface area (Å²) < 4.78 is 9.99. The Morgan fingerprint density at radius 2 is 1.65 bits per heavy atom. The topological polar surface area (TPSA) is 38.8 Å². The highest BCUT2D eigenvalue weighted by atomic mass is 16.6. The molecule has 2 aromatic rings. The molecular formula is C23H24O3. The van der Waals surface area contributed by atoms with Crippen LogP contribution in [0.15, 0.2) is 85.5 Å². The van der Waals surface area contributed by atoms with Crippen molar-refractivity contribution < 1.29 is 14.3 Å². The van der Waals surface area contributed by atoms with Crippen molar-refractivity contribution >= 4 is 18.1 Å². The number of rotatable bonds is 7. The fourth-order valence-corrected chi connectivity index (χ4v) is 2.01. The summed E-state index contributed by atoms with van der Waals surface area (Å²) in [6.07, 6.45) is 6.30. The van der Waals surface area contributed by atoms with E-state index in [1.165, 1.54) is 5.56 Å². The zero-order valence-electron chi connectivity index (χ0n) is 14.8. The Hall–Kier alpha value is -2.91. The van der Waals surface area contributed by atoms with Gasteiger partial charge in [0.2, 0.25) is 0 Å². The third-order valence-electron chi connectivity index (χ3n) is 3.60. The van der Waals surface area contributed by atoms with Crippen molar-refractivity contribution in [2.45, 2.75) is 12.5 Å². The highest BCUT2D eigenvalue weighted by Gasteiger charge is 2.24. The zero-order valence-corrected chi connectivity index (χ0v) is 14.8. The summed E-state index contributed by atoms with van der Waals surface area (Å²) in [7, 11) is 0. The van der Waals surface area contributed by atoms with Crippen LogP contribution in [0.4, 0.5) is 0 Å². The summed E-state index contributed by atoms with van der Waals surface area (Å²) >= 11 is 0. The quantitative estimate of drug-likeness (QED) is 0.405. The van der Waals surface area contributed by atoms with Gasteiger partial charge in [-0.15, -0.1) is 0 Å². The first kappa shape index (κ1) is 19.4. The Morgan fingerprint density at radius 3 is 2.15 bits per heavy atom. The molecule has 0 bridgehead atoms. The Morgan fingerprint density at radius 1 is 1.08 bits per heavy atom. The summed E-state index contributed by atoms with van der Waals surface area (Å²) in [6, 6.07) is 19.9. The van der Waals surface area contributed by atoms with Crippen molar-refractivity contribution in [2.24, 2.45) is 0 Å². The maximum atomic E-state index is 11.5. The summed E-state index contributed by atoms with van der Waals surface area (Å²) in [4.78, 5) is 11.5. The van der Waals surface area contributed by atoms with Gasteiger partial charge in [-0.1, -0.05) is 92.0 Å². The number of ether oxygens (including phenoxy) is 2. The van der Waals surface area contributed by atoms with Crippen LogP contribution in [-0.2, 0) is 14.3 Å². The number of esters is 1. The van der Waals surface area contributed by atoms with E-state index >= 15 is 0 Å². The molecule has 1 aliphatic rings. The standard InChI is InChI=1S/C15H16O3.C8H8/c1-12(15(16)18-11-14-10-17-14)6-5-9-13-7-3-2-4-8-13;1-2-8-6-4-3-5-7-8/h2-5,7-9,14H,1,6,10-11H2;2-7H,1H2. The Bertz CT molecular complexity index is 729. The third kappa shape index (κ3) is 7.77. The number of epoxide rings is 1. The first-order valence-electron chi connectivity index (χ1n) is 8.54. The van der Waals surface area contributed by atoms with Crippen molar-refractivity contribution in [3.05, 3.63) is 96.6 Å². The number of carbonyl (C=O) groups is 1. The van der Waals surface area contributed by atoms with E-state index in [1.54, 1.807) is 0 Å². The largest absolute Gasteiger partial charge is 0.459 e. The highest BCUT2D eigenvalue weighted by Crippen LogP contribution is 2.11. The fourth-order valence-electron chi connectivity index (χ4n) is 2.01.